The SMILES string of the molecule is CCCCCC=CCC=CCC=CCCCCCCC(=O)OC(COC(=O)CCCCCCCCCCCCCCCCCCCCC)COP(=O)(O)OCCN. The number of carbonyl (C=O) groups excluding carboxylic acids is 2. The number of nitrogens with two attached hydrogens (primary N) is 1. The lowest BCUT2D eigenvalue weighted by Crippen LogP contribution is -2.29. The molecule has 0 spiro atoms. The minimum atomic E-state index is -4.38. The van der Waals surface area contributed by atoms with Crippen LogP contribution in [0.15, 0.2) is 36.5 Å². The number of hydrogen-bond acceptors (Lipinski definition) is 8. The second-order valence-corrected chi connectivity index (χ2v) is 17.1. The van der Waals surface area contributed by atoms with E-state index in [9.17, 15) is 19.0 Å². The summed E-state index contributed by atoms with van der Waals surface area (Å²) in [5, 5.41) is 0. The van der Waals surface area contributed by atoms with E-state index in [0.29, 0.717) is 6.42 Å². The number of esters is 2. The number of rotatable bonds is 44. The highest BCUT2D eigenvalue weighted by molar-refractivity contribution is 7.47. The zero-order valence-electron chi connectivity index (χ0n) is 36.8. The predicted octanol–water partition coefficient (Wildman–Crippen LogP) is 13.7. The van der Waals surface area contributed by atoms with Crippen molar-refractivity contribution in [1.82, 2.24) is 0 Å². The van der Waals surface area contributed by atoms with Crippen LogP contribution in [0.3, 0.4) is 0 Å². The minimum Gasteiger partial charge on any atom is -0.462 e. The summed E-state index contributed by atoms with van der Waals surface area (Å²) in [5.74, 6) is -0.846. The summed E-state index contributed by atoms with van der Waals surface area (Å²) in [6.45, 7) is 3.70. The number of phosphoric acid groups is 1. The van der Waals surface area contributed by atoms with Gasteiger partial charge in [-0.2, -0.15) is 0 Å². The zero-order valence-corrected chi connectivity index (χ0v) is 37.7. The maximum Gasteiger partial charge on any atom is 0.472 e. The van der Waals surface area contributed by atoms with Crippen molar-refractivity contribution in [3.8, 4) is 0 Å². The van der Waals surface area contributed by atoms with Crippen molar-refractivity contribution in [3.63, 3.8) is 0 Å². The van der Waals surface area contributed by atoms with Crippen LogP contribution in [0.2, 0.25) is 0 Å². The first-order chi connectivity index (χ1) is 27.8. The first-order valence-corrected chi connectivity index (χ1v) is 25.0. The fraction of sp³-hybridized carbons (Fsp3) is 0.830. The average molecular weight is 826 g/mol. The molecule has 0 aromatic heterocycles. The topological polar surface area (TPSA) is 134 Å². The Morgan fingerprint density at radius 1 is 0.526 bits per heavy atom. The van der Waals surface area contributed by atoms with Crippen molar-refractivity contribution in [3.05, 3.63) is 36.5 Å². The van der Waals surface area contributed by atoms with Gasteiger partial charge in [0.05, 0.1) is 13.2 Å². The minimum absolute atomic E-state index is 0.0500. The van der Waals surface area contributed by atoms with Gasteiger partial charge in [0.1, 0.15) is 6.61 Å². The predicted molar refractivity (Wildman–Crippen MR) is 238 cm³/mol. The van der Waals surface area contributed by atoms with Crippen LogP contribution in [0, 0.1) is 0 Å². The summed E-state index contributed by atoms with van der Waals surface area (Å²) >= 11 is 0. The highest BCUT2D eigenvalue weighted by atomic mass is 31.2. The van der Waals surface area contributed by atoms with E-state index in [4.69, 9.17) is 24.3 Å². The molecule has 0 heterocycles. The van der Waals surface area contributed by atoms with Gasteiger partial charge in [-0.1, -0.05) is 192 Å². The van der Waals surface area contributed by atoms with E-state index in [0.717, 1.165) is 57.8 Å². The summed E-state index contributed by atoms with van der Waals surface area (Å²) in [5.41, 5.74) is 5.35. The highest BCUT2D eigenvalue weighted by Crippen LogP contribution is 2.43. The van der Waals surface area contributed by atoms with Crippen LogP contribution >= 0.6 is 7.82 Å². The Kier molecular flexibility index (Phi) is 42.4. The molecule has 2 unspecified atom stereocenters. The smallest absolute Gasteiger partial charge is 0.462 e. The largest absolute Gasteiger partial charge is 0.472 e. The van der Waals surface area contributed by atoms with Crippen LogP contribution in [0.5, 0.6) is 0 Å². The molecule has 0 aliphatic heterocycles. The third kappa shape index (κ3) is 43.6. The van der Waals surface area contributed by atoms with E-state index < -0.39 is 26.5 Å². The third-order valence-corrected chi connectivity index (χ3v) is 11.0. The quantitative estimate of drug-likeness (QED) is 0.0266. The van der Waals surface area contributed by atoms with Gasteiger partial charge >= 0.3 is 19.8 Å². The molecule has 0 radical (unpaired) electrons. The molecule has 0 bridgehead atoms. The molecule has 9 nitrogen and oxygen atoms in total. The summed E-state index contributed by atoms with van der Waals surface area (Å²) in [7, 11) is -4.38. The van der Waals surface area contributed by atoms with Crippen molar-refractivity contribution >= 4 is 19.8 Å². The van der Waals surface area contributed by atoms with Crippen molar-refractivity contribution < 1.29 is 37.6 Å². The molecule has 0 aliphatic carbocycles. The Morgan fingerprint density at radius 2 is 0.912 bits per heavy atom. The molecule has 334 valence electrons. The Bertz CT molecular complexity index is 1030. The molecular formula is C47H88NO8P. The summed E-state index contributed by atoms with van der Waals surface area (Å²) in [6.07, 6.45) is 48.9. The van der Waals surface area contributed by atoms with Crippen LogP contribution in [0.4, 0.5) is 0 Å². The summed E-state index contributed by atoms with van der Waals surface area (Å²) < 4.78 is 32.8. The molecule has 0 rings (SSSR count). The molecule has 0 aromatic carbocycles. The van der Waals surface area contributed by atoms with Gasteiger partial charge in [-0.15, -0.1) is 0 Å². The maximum atomic E-state index is 12.6. The van der Waals surface area contributed by atoms with E-state index in [1.807, 2.05) is 0 Å². The van der Waals surface area contributed by atoms with Crippen LogP contribution in [-0.4, -0.2) is 49.3 Å². The lowest BCUT2D eigenvalue weighted by Gasteiger charge is -2.19. The van der Waals surface area contributed by atoms with Crippen molar-refractivity contribution in [2.75, 3.05) is 26.4 Å². The Balaban J connectivity index is 4.12. The summed E-state index contributed by atoms with van der Waals surface area (Å²) in [6, 6.07) is 0. The fourth-order valence-corrected chi connectivity index (χ4v) is 7.29. The van der Waals surface area contributed by atoms with Crippen LogP contribution in [-0.2, 0) is 32.7 Å². The van der Waals surface area contributed by atoms with Crippen molar-refractivity contribution in [2.24, 2.45) is 5.73 Å². The van der Waals surface area contributed by atoms with E-state index in [-0.39, 0.29) is 38.6 Å². The molecule has 2 atom stereocenters. The van der Waals surface area contributed by atoms with Gasteiger partial charge in [0.15, 0.2) is 6.10 Å². The monoisotopic (exact) mass is 826 g/mol. The van der Waals surface area contributed by atoms with Crippen molar-refractivity contribution in [1.29, 1.82) is 0 Å². The Hall–Kier alpha value is -1.77. The highest BCUT2D eigenvalue weighted by Gasteiger charge is 2.26. The van der Waals surface area contributed by atoms with Gasteiger partial charge in [0, 0.05) is 19.4 Å². The zero-order chi connectivity index (χ0) is 41.8. The molecule has 0 aromatic rings. The van der Waals surface area contributed by atoms with E-state index in [1.165, 1.54) is 128 Å². The van der Waals surface area contributed by atoms with Gasteiger partial charge in [-0.3, -0.25) is 18.6 Å². The second kappa shape index (κ2) is 43.8. The van der Waals surface area contributed by atoms with E-state index >= 15 is 0 Å². The Morgan fingerprint density at radius 3 is 1.39 bits per heavy atom. The number of allylic oxidation sites excluding steroid dienone is 6. The third-order valence-electron chi connectivity index (χ3n) is 10.0. The molecule has 0 saturated carbocycles. The lowest BCUT2D eigenvalue weighted by molar-refractivity contribution is -0.161. The second-order valence-electron chi connectivity index (χ2n) is 15.6. The fourth-order valence-electron chi connectivity index (χ4n) is 6.52. The molecule has 3 N–H and O–H groups in total. The normalized spacial score (nSPS) is 13.5. The Labute approximate surface area is 350 Å². The van der Waals surface area contributed by atoms with Gasteiger partial charge in [-0.05, 0) is 51.4 Å². The standard InChI is InChI=1S/C47H88NO8P/c1-3-5-7-9-11-13-15-17-19-21-22-24-25-27-29-31-33-35-37-39-46(49)53-43-45(44-55-57(51,52)54-42-41-48)56-47(50)40-38-36-34-32-30-28-26-23-20-18-16-14-12-10-8-6-4-2/h12,14,18,20,26,28,45H,3-11,13,15-17,19,21-25,27,29-44,48H2,1-2H3,(H,51,52). The van der Waals surface area contributed by atoms with Crippen LogP contribution < -0.4 is 5.73 Å². The van der Waals surface area contributed by atoms with E-state index in [2.05, 4.69) is 50.3 Å². The van der Waals surface area contributed by atoms with Gasteiger partial charge in [0.25, 0.3) is 0 Å². The molecule has 0 fully saturated rings. The first-order valence-electron chi connectivity index (χ1n) is 23.5. The number of phosphoric ester groups is 1. The van der Waals surface area contributed by atoms with Crippen LogP contribution in [0.1, 0.15) is 219 Å². The number of unbranched alkanes of at least 4 members (excludes halogenated alkanes) is 25. The molecule has 10 heteroatoms. The van der Waals surface area contributed by atoms with E-state index in [1.54, 1.807) is 0 Å². The first kappa shape index (κ1) is 55.2. The van der Waals surface area contributed by atoms with Crippen LogP contribution in [0.25, 0.3) is 0 Å². The molecule has 0 saturated heterocycles. The number of ether oxygens (including phenoxy) is 2. The molecule has 57 heavy (non-hydrogen) atoms. The molecule has 0 aliphatic rings. The number of hydrogen-bond donors (Lipinski definition) is 2. The molecular weight excluding hydrogens is 737 g/mol. The average Bonchev–Trinajstić information content (AvgIpc) is 3.20. The maximum absolute atomic E-state index is 12.6. The van der Waals surface area contributed by atoms with Crippen molar-refractivity contribution in [2.45, 2.75) is 225 Å². The van der Waals surface area contributed by atoms with Gasteiger partial charge in [0.2, 0.25) is 0 Å². The number of carbonyl (C=O) groups is 2. The summed E-state index contributed by atoms with van der Waals surface area (Å²) in [4.78, 5) is 34.9. The lowest BCUT2D eigenvalue weighted by atomic mass is 10.0. The van der Waals surface area contributed by atoms with Gasteiger partial charge in [-0.25, -0.2) is 4.57 Å². The van der Waals surface area contributed by atoms with Gasteiger partial charge < -0.3 is 20.1 Å². The molecule has 0 amide bonds.